The van der Waals surface area contributed by atoms with Gasteiger partial charge >= 0.3 is 5.97 Å². The summed E-state index contributed by atoms with van der Waals surface area (Å²) in [6, 6.07) is 6.46. The maximum absolute atomic E-state index is 11.2. The molecule has 6 heteroatoms. The summed E-state index contributed by atoms with van der Waals surface area (Å²) in [5.41, 5.74) is 0.523. The number of benzene rings is 1. The first-order valence-corrected chi connectivity index (χ1v) is 4.85. The molecule has 17 heavy (non-hydrogen) atoms. The Bertz CT molecular complexity index is 405. The van der Waals surface area contributed by atoms with Crippen molar-refractivity contribution in [3.05, 3.63) is 24.3 Å². The number of carboxylic acids is 1. The molecule has 0 aliphatic carbocycles. The lowest BCUT2D eigenvalue weighted by Crippen LogP contribution is -2.17. The maximum Gasteiger partial charge on any atom is 0.341 e. The van der Waals surface area contributed by atoms with Gasteiger partial charge in [0, 0.05) is 18.9 Å². The molecule has 0 saturated carbocycles. The highest BCUT2D eigenvalue weighted by Crippen LogP contribution is 2.17. The molecular weight excluding hydrogens is 226 g/mol. The summed E-state index contributed by atoms with van der Waals surface area (Å²) >= 11 is 0. The van der Waals surface area contributed by atoms with E-state index in [0.29, 0.717) is 11.4 Å². The van der Waals surface area contributed by atoms with Gasteiger partial charge in [-0.15, -0.1) is 0 Å². The highest BCUT2D eigenvalue weighted by Gasteiger charge is 2.03. The minimum atomic E-state index is -1.06. The molecule has 2 N–H and O–H groups in total. The van der Waals surface area contributed by atoms with Crippen molar-refractivity contribution in [3.63, 3.8) is 0 Å². The lowest BCUT2D eigenvalue weighted by Gasteiger charge is -2.07. The predicted octanol–water partition coefficient (Wildman–Crippen LogP) is 0.735. The van der Waals surface area contributed by atoms with Crippen molar-refractivity contribution in [1.82, 2.24) is 0 Å². The number of carboxylic acid groups (broad SMARTS) is 1. The van der Waals surface area contributed by atoms with Crippen LogP contribution in [0.1, 0.15) is 0 Å². The van der Waals surface area contributed by atoms with E-state index in [4.69, 9.17) is 9.84 Å². The van der Waals surface area contributed by atoms with Crippen molar-refractivity contribution in [3.8, 4) is 5.75 Å². The van der Waals surface area contributed by atoms with E-state index in [1.165, 1.54) is 13.2 Å². The zero-order valence-electron chi connectivity index (χ0n) is 9.30. The Morgan fingerprint density at radius 1 is 1.35 bits per heavy atom. The fourth-order valence-corrected chi connectivity index (χ4v) is 1.14. The molecule has 0 atom stereocenters. The first-order valence-electron chi connectivity index (χ1n) is 4.85. The molecule has 1 aromatic carbocycles. The fraction of sp³-hybridized carbons (Fsp3) is 0.273. The van der Waals surface area contributed by atoms with Crippen LogP contribution < -0.4 is 10.1 Å². The summed E-state index contributed by atoms with van der Waals surface area (Å²) in [6.07, 6.45) is 0. The number of ether oxygens (including phenoxy) is 2. The molecule has 0 saturated heterocycles. The number of nitrogens with one attached hydrogen (secondary N) is 1. The van der Waals surface area contributed by atoms with Gasteiger partial charge in [-0.2, -0.15) is 0 Å². The standard InChI is InChI=1S/C11H13NO5/c1-16-6-10(13)12-8-3-2-4-9(5-8)17-7-11(14)15/h2-5H,6-7H2,1H3,(H,12,13)(H,14,15). The third kappa shape index (κ3) is 4.98. The zero-order valence-corrected chi connectivity index (χ0v) is 9.30. The van der Waals surface area contributed by atoms with Crippen LogP contribution in [0.4, 0.5) is 5.69 Å². The summed E-state index contributed by atoms with van der Waals surface area (Å²) in [7, 11) is 1.42. The van der Waals surface area contributed by atoms with Crippen LogP contribution >= 0.6 is 0 Å². The number of aliphatic carboxylic acids is 1. The molecule has 0 spiro atoms. The molecule has 1 rings (SSSR count). The second-order valence-corrected chi connectivity index (χ2v) is 3.19. The smallest absolute Gasteiger partial charge is 0.341 e. The predicted molar refractivity (Wildman–Crippen MR) is 60.1 cm³/mol. The highest BCUT2D eigenvalue weighted by molar-refractivity contribution is 5.91. The van der Waals surface area contributed by atoms with Gasteiger partial charge in [0.25, 0.3) is 0 Å². The molecule has 6 nitrogen and oxygen atoms in total. The number of anilines is 1. The van der Waals surface area contributed by atoms with Gasteiger partial charge in [-0.05, 0) is 12.1 Å². The van der Waals surface area contributed by atoms with Crippen molar-refractivity contribution >= 4 is 17.6 Å². The van der Waals surface area contributed by atoms with Crippen LogP contribution in [0.5, 0.6) is 5.75 Å². The summed E-state index contributed by atoms with van der Waals surface area (Å²) in [4.78, 5) is 21.5. The summed E-state index contributed by atoms with van der Waals surface area (Å²) < 4.78 is 9.63. The van der Waals surface area contributed by atoms with Gasteiger partial charge in [0.15, 0.2) is 6.61 Å². The van der Waals surface area contributed by atoms with Crippen molar-refractivity contribution in [1.29, 1.82) is 0 Å². The number of rotatable bonds is 6. The van der Waals surface area contributed by atoms with Gasteiger partial charge < -0.3 is 19.9 Å². The van der Waals surface area contributed by atoms with Crippen LogP contribution in [0.15, 0.2) is 24.3 Å². The molecule has 1 amide bonds. The van der Waals surface area contributed by atoms with E-state index in [-0.39, 0.29) is 12.5 Å². The van der Waals surface area contributed by atoms with Crippen LogP contribution in [0, 0.1) is 0 Å². The first kappa shape index (κ1) is 13.0. The molecule has 0 aliphatic rings. The van der Waals surface area contributed by atoms with Gasteiger partial charge in [-0.25, -0.2) is 4.79 Å². The van der Waals surface area contributed by atoms with E-state index < -0.39 is 12.6 Å². The second kappa shape index (κ2) is 6.49. The average molecular weight is 239 g/mol. The Balaban J connectivity index is 2.59. The number of hydrogen-bond acceptors (Lipinski definition) is 4. The topological polar surface area (TPSA) is 84.9 Å². The molecule has 0 fully saturated rings. The van der Waals surface area contributed by atoms with Crippen molar-refractivity contribution < 1.29 is 24.2 Å². The quantitative estimate of drug-likeness (QED) is 0.764. The van der Waals surface area contributed by atoms with E-state index in [9.17, 15) is 9.59 Å². The minimum absolute atomic E-state index is 0.0415. The first-order chi connectivity index (χ1) is 8.11. The molecule has 0 radical (unpaired) electrons. The van der Waals surface area contributed by atoms with E-state index >= 15 is 0 Å². The number of carbonyl (C=O) groups excluding carboxylic acids is 1. The normalized spacial score (nSPS) is 9.71. The van der Waals surface area contributed by atoms with Crippen LogP contribution in [0.3, 0.4) is 0 Å². The van der Waals surface area contributed by atoms with E-state index in [1.807, 2.05) is 0 Å². The third-order valence-electron chi connectivity index (χ3n) is 1.76. The fourth-order valence-electron chi connectivity index (χ4n) is 1.14. The molecule has 1 aromatic rings. The van der Waals surface area contributed by atoms with Crippen LogP contribution in [-0.2, 0) is 14.3 Å². The molecular formula is C11H13NO5. The Morgan fingerprint density at radius 3 is 2.76 bits per heavy atom. The van der Waals surface area contributed by atoms with Gasteiger partial charge in [-0.1, -0.05) is 6.07 Å². The molecule has 92 valence electrons. The van der Waals surface area contributed by atoms with Crippen molar-refractivity contribution in [2.24, 2.45) is 0 Å². The highest BCUT2D eigenvalue weighted by atomic mass is 16.5. The molecule has 0 aromatic heterocycles. The minimum Gasteiger partial charge on any atom is -0.482 e. The van der Waals surface area contributed by atoms with Gasteiger partial charge in [0.05, 0.1) is 0 Å². The van der Waals surface area contributed by atoms with Crippen molar-refractivity contribution in [2.45, 2.75) is 0 Å². The van der Waals surface area contributed by atoms with Gasteiger partial charge in [-0.3, -0.25) is 4.79 Å². The Labute approximate surface area is 98.2 Å². The van der Waals surface area contributed by atoms with Gasteiger partial charge in [0.2, 0.25) is 5.91 Å². The van der Waals surface area contributed by atoms with Gasteiger partial charge in [0.1, 0.15) is 12.4 Å². The number of amides is 1. The van der Waals surface area contributed by atoms with E-state index in [1.54, 1.807) is 18.2 Å². The van der Waals surface area contributed by atoms with Crippen LogP contribution in [-0.4, -0.2) is 37.3 Å². The zero-order chi connectivity index (χ0) is 12.7. The SMILES string of the molecule is COCC(=O)Nc1cccc(OCC(=O)O)c1. The monoisotopic (exact) mass is 239 g/mol. The summed E-state index contributed by atoms with van der Waals surface area (Å²) in [6.45, 7) is -0.463. The largest absolute Gasteiger partial charge is 0.482 e. The number of hydrogen-bond donors (Lipinski definition) is 2. The Kier molecular flexibility index (Phi) is 4.96. The summed E-state index contributed by atoms with van der Waals surface area (Å²) in [5.74, 6) is -0.968. The van der Waals surface area contributed by atoms with E-state index in [2.05, 4.69) is 10.1 Å². The summed E-state index contributed by atoms with van der Waals surface area (Å²) in [5, 5.41) is 11.0. The van der Waals surface area contributed by atoms with Crippen LogP contribution in [0.2, 0.25) is 0 Å². The molecule has 0 bridgehead atoms. The Morgan fingerprint density at radius 2 is 2.12 bits per heavy atom. The second-order valence-electron chi connectivity index (χ2n) is 3.19. The van der Waals surface area contributed by atoms with Crippen LogP contribution in [0.25, 0.3) is 0 Å². The molecule has 0 heterocycles. The lowest BCUT2D eigenvalue weighted by atomic mass is 10.3. The molecule has 0 unspecified atom stereocenters. The van der Waals surface area contributed by atoms with E-state index in [0.717, 1.165) is 0 Å². The third-order valence-corrected chi connectivity index (χ3v) is 1.76. The lowest BCUT2D eigenvalue weighted by molar-refractivity contribution is -0.139. The number of methoxy groups -OCH3 is 1. The maximum atomic E-state index is 11.2. The molecule has 0 aliphatic heterocycles. The van der Waals surface area contributed by atoms with Crippen molar-refractivity contribution in [2.75, 3.05) is 25.6 Å². The average Bonchev–Trinajstić information content (AvgIpc) is 2.27. The Hall–Kier alpha value is -2.08. The number of carbonyl (C=O) groups is 2.